The Morgan fingerprint density at radius 3 is 2.52 bits per heavy atom. The molecule has 0 aliphatic heterocycles. The standard InChI is InChI=1S/C21H22N2O5S/c1-15-5-6-16(2)20(12-15)28-14-21(24)23-17-7-9-19(10-8-17)29(25,26)22-13-18-4-3-11-27-18/h3-12,22H,13-14H2,1-2H3,(H,23,24). The van der Waals surface area contributed by atoms with E-state index in [-0.39, 0.29) is 24.0 Å². The molecule has 0 aliphatic rings. The maximum atomic E-state index is 12.3. The van der Waals surface area contributed by atoms with Crippen molar-refractivity contribution in [3.63, 3.8) is 0 Å². The van der Waals surface area contributed by atoms with Crippen LogP contribution in [0.3, 0.4) is 0 Å². The Morgan fingerprint density at radius 2 is 1.83 bits per heavy atom. The molecular weight excluding hydrogens is 392 g/mol. The zero-order valence-corrected chi connectivity index (χ0v) is 17.0. The summed E-state index contributed by atoms with van der Waals surface area (Å²) < 4.78 is 37.8. The Kier molecular flexibility index (Phi) is 6.36. The minimum absolute atomic E-state index is 0.0591. The van der Waals surface area contributed by atoms with Crippen molar-refractivity contribution >= 4 is 21.6 Å². The summed E-state index contributed by atoms with van der Waals surface area (Å²) in [7, 11) is -3.68. The van der Waals surface area contributed by atoms with Crippen molar-refractivity contribution in [1.82, 2.24) is 4.72 Å². The minimum atomic E-state index is -3.68. The summed E-state index contributed by atoms with van der Waals surface area (Å²) in [5.74, 6) is 0.836. The summed E-state index contributed by atoms with van der Waals surface area (Å²) >= 11 is 0. The van der Waals surface area contributed by atoms with E-state index in [9.17, 15) is 13.2 Å². The number of nitrogens with one attached hydrogen (secondary N) is 2. The number of carbonyl (C=O) groups excluding carboxylic acids is 1. The lowest BCUT2D eigenvalue weighted by Gasteiger charge is -2.11. The fourth-order valence-corrected chi connectivity index (χ4v) is 3.58. The number of rotatable bonds is 8. The average Bonchev–Trinajstić information content (AvgIpc) is 3.21. The van der Waals surface area contributed by atoms with E-state index in [1.54, 1.807) is 12.1 Å². The lowest BCUT2D eigenvalue weighted by Crippen LogP contribution is -2.23. The Balaban J connectivity index is 1.55. The first-order chi connectivity index (χ1) is 13.8. The molecule has 0 bridgehead atoms. The monoisotopic (exact) mass is 414 g/mol. The molecule has 0 saturated heterocycles. The number of sulfonamides is 1. The molecule has 8 heteroatoms. The molecule has 0 unspecified atom stereocenters. The molecule has 1 aromatic heterocycles. The highest BCUT2D eigenvalue weighted by atomic mass is 32.2. The summed E-state index contributed by atoms with van der Waals surface area (Å²) in [5.41, 5.74) is 2.47. The van der Waals surface area contributed by atoms with E-state index in [1.807, 2.05) is 32.0 Å². The summed E-state index contributed by atoms with van der Waals surface area (Å²) in [4.78, 5) is 12.2. The topological polar surface area (TPSA) is 97.6 Å². The molecule has 3 aromatic rings. The molecule has 3 rings (SSSR count). The van der Waals surface area contributed by atoms with Gasteiger partial charge in [0.25, 0.3) is 5.91 Å². The van der Waals surface area contributed by atoms with E-state index in [0.29, 0.717) is 17.2 Å². The van der Waals surface area contributed by atoms with Crippen LogP contribution in [-0.2, 0) is 21.4 Å². The largest absolute Gasteiger partial charge is 0.483 e. The molecule has 0 saturated carbocycles. The number of amides is 1. The Morgan fingerprint density at radius 1 is 1.07 bits per heavy atom. The van der Waals surface area contributed by atoms with Crippen molar-refractivity contribution in [2.45, 2.75) is 25.3 Å². The third-order valence-electron chi connectivity index (χ3n) is 4.17. The minimum Gasteiger partial charge on any atom is -0.483 e. The van der Waals surface area contributed by atoms with Gasteiger partial charge >= 0.3 is 0 Å². The molecule has 29 heavy (non-hydrogen) atoms. The summed E-state index contributed by atoms with van der Waals surface area (Å²) in [6.45, 7) is 3.77. The molecule has 1 amide bonds. The number of furan rings is 1. The van der Waals surface area contributed by atoms with Crippen molar-refractivity contribution < 1.29 is 22.4 Å². The van der Waals surface area contributed by atoms with Crippen LogP contribution in [0, 0.1) is 13.8 Å². The van der Waals surface area contributed by atoms with Gasteiger partial charge in [-0.2, -0.15) is 0 Å². The number of ether oxygens (including phenoxy) is 1. The molecule has 0 radical (unpaired) electrons. The second-order valence-electron chi connectivity index (χ2n) is 6.53. The van der Waals surface area contributed by atoms with Crippen LogP contribution in [0.15, 0.2) is 70.2 Å². The van der Waals surface area contributed by atoms with E-state index in [2.05, 4.69) is 10.0 Å². The van der Waals surface area contributed by atoms with Crippen molar-refractivity contribution in [3.05, 3.63) is 77.7 Å². The van der Waals surface area contributed by atoms with Gasteiger partial charge in [0, 0.05) is 5.69 Å². The number of hydrogen-bond donors (Lipinski definition) is 2. The van der Waals surface area contributed by atoms with Crippen molar-refractivity contribution in [3.8, 4) is 5.75 Å². The van der Waals surface area contributed by atoms with Crippen LogP contribution >= 0.6 is 0 Å². The lowest BCUT2D eigenvalue weighted by atomic mass is 10.1. The van der Waals surface area contributed by atoms with Crippen LogP contribution < -0.4 is 14.8 Å². The van der Waals surface area contributed by atoms with Crippen LogP contribution in [0.2, 0.25) is 0 Å². The average molecular weight is 414 g/mol. The van der Waals surface area contributed by atoms with Crippen molar-refractivity contribution in [2.75, 3.05) is 11.9 Å². The molecule has 2 N–H and O–H groups in total. The maximum absolute atomic E-state index is 12.3. The highest BCUT2D eigenvalue weighted by molar-refractivity contribution is 7.89. The number of carbonyl (C=O) groups is 1. The van der Waals surface area contributed by atoms with Gasteiger partial charge in [-0.3, -0.25) is 4.79 Å². The van der Waals surface area contributed by atoms with Gasteiger partial charge < -0.3 is 14.5 Å². The third kappa shape index (κ3) is 5.69. The fourth-order valence-electron chi connectivity index (χ4n) is 2.58. The SMILES string of the molecule is Cc1ccc(C)c(OCC(=O)Nc2ccc(S(=O)(=O)NCc3ccco3)cc2)c1. The van der Waals surface area contributed by atoms with Gasteiger partial charge in [0.15, 0.2) is 6.61 Å². The van der Waals surface area contributed by atoms with Crippen LogP contribution in [0.1, 0.15) is 16.9 Å². The van der Waals surface area contributed by atoms with Crippen LogP contribution in [0.4, 0.5) is 5.69 Å². The Bertz CT molecular complexity index is 1070. The van der Waals surface area contributed by atoms with E-state index in [0.717, 1.165) is 11.1 Å². The second-order valence-corrected chi connectivity index (χ2v) is 8.30. The zero-order valence-electron chi connectivity index (χ0n) is 16.1. The van der Waals surface area contributed by atoms with Gasteiger partial charge in [0.2, 0.25) is 10.0 Å². The quantitative estimate of drug-likeness (QED) is 0.589. The van der Waals surface area contributed by atoms with Gasteiger partial charge in [-0.1, -0.05) is 12.1 Å². The van der Waals surface area contributed by atoms with E-state index < -0.39 is 10.0 Å². The smallest absolute Gasteiger partial charge is 0.262 e. The van der Waals surface area contributed by atoms with Gasteiger partial charge in [-0.25, -0.2) is 13.1 Å². The Hall–Kier alpha value is -3.10. The van der Waals surface area contributed by atoms with Crippen LogP contribution in [0.5, 0.6) is 5.75 Å². The Labute approximate surface area is 169 Å². The molecule has 7 nitrogen and oxygen atoms in total. The molecule has 0 fully saturated rings. The molecule has 2 aromatic carbocycles. The van der Waals surface area contributed by atoms with Gasteiger partial charge in [-0.15, -0.1) is 0 Å². The second kappa shape index (κ2) is 8.93. The fraction of sp³-hybridized carbons (Fsp3) is 0.190. The summed E-state index contributed by atoms with van der Waals surface area (Å²) in [5, 5.41) is 2.69. The predicted molar refractivity (Wildman–Crippen MR) is 109 cm³/mol. The molecule has 1 heterocycles. The van der Waals surface area contributed by atoms with E-state index >= 15 is 0 Å². The number of aryl methyl sites for hydroxylation is 2. The maximum Gasteiger partial charge on any atom is 0.262 e. The van der Waals surface area contributed by atoms with Gasteiger partial charge in [0.05, 0.1) is 17.7 Å². The lowest BCUT2D eigenvalue weighted by molar-refractivity contribution is -0.118. The van der Waals surface area contributed by atoms with Crippen LogP contribution in [0.25, 0.3) is 0 Å². The first-order valence-electron chi connectivity index (χ1n) is 8.95. The van der Waals surface area contributed by atoms with Crippen molar-refractivity contribution in [1.29, 1.82) is 0 Å². The normalized spacial score (nSPS) is 11.2. The molecule has 0 aliphatic carbocycles. The van der Waals surface area contributed by atoms with E-state index in [4.69, 9.17) is 9.15 Å². The zero-order chi connectivity index (χ0) is 20.9. The highest BCUT2D eigenvalue weighted by Gasteiger charge is 2.14. The van der Waals surface area contributed by atoms with E-state index in [1.165, 1.54) is 30.5 Å². The van der Waals surface area contributed by atoms with Gasteiger partial charge in [0.1, 0.15) is 11.5 Å². The molecular formula is C21H22N2O5S. The predicted octanol–water partition coefficient (Wildman–Crippen LogP) is 3.39. The van der Waals surface area contributed by atoms with Crippen LogP contribution in [-0.4, -0.2) is 20.9 Å². The molecule has 0 spiro atoms. The molecule has 152 valence electrons. The summed E-state index contributed by atoms with van der Waals surface area (Å²) in [6.07, 6.45) is 1.48. The first-order valence-corrected chi connectivity index (χ1v) is 10.4. The third-order valence-corrected chi connectivity index (χ3v) is 5.58. The number of hydrogen-bond acceptors (Lipinski definition) is 5. The molecule has 0 atom stereocenters. The van der Waals surface area contributed by atoms with Gasteiger partial charge in [-0.05, 0) is 67.4 Å². The highest BCUT2D eigenvalue weighted by Crippen LogP contribution is 2.19. The number of anilines is 1. The first kappa shape index (κ1) is 20.6. The summed E-state index contributed by atoms with van der Waals surface area (Å²) in [6, 6.07) is 15.0. The number of benzene rings is 2. The van der Waals surface area contributed by atoms with Crippen molar-refractivity contribution in [2.24, 2.45) is 0 Å².